The summed E-state index contributed by atoms with van der Waals surface area (Å²) in [6.07, 6.45) is -0.708. The van der Waals surface area contributed by atoms with Crippen LogP contribution in [0.15, 0.2) is 12.2 Å². The summed E-state index contributed by atoms with van der Waals surface area (Å²) in [7, 11) is 3.62. The topological polar surface area (TPSA) is 61.8 Å². The fourth-order valence-corrected chi connectivity index (χ4v) is 0.642. The van der Waals surface area contributed by atoms with Gasteiger partial charge in [-0.15, -0.1) is 0 Å². The van der Waals surface area contributed by atoms with E-state index in [1.54, 1.807) is 11.9 Å². The molecule has 0 aromatic carbocycles. The number of rotatable bonds is 6. The average Bonchev–Trinajstić information content (AvgIpc) is 2.10. The molecule has 0 saturated heterocycles. The second-order valence-corrected chi connectivity index (χ2v) is 3.29. The molecule has 0 aliphatic carbocycles. The molecule has 82 valence electrons. The fourth-order valence-electron chi connectivity index (χ4n) is 0.642. The van der Waals surface area contributed by atoms with Crippen molar-refractivity contribution in [2.75, 3.05) is 27.2 Å². The predicted molar refractivity (Wildman–Crippen MR) is 53.5 cm³/mol. The molecular formula is C9H18N2O3. The van der Waals surface area contributed by atoms with Crippen LogP contribution in [0.25, 0.3) is 0 Å². The third-order valence-electron chi connectivity index (χ3n) is 1.40. The van der Waals surface area contributed by atoms with Crippen LogP contribution in [0.1, 0.15) is 6.92 Å². The molecule has 5 nitrogen and oxygen atoms in total. The zero-order valence-corrected chi connectivity index (χ0v) is 8.91. The Balaban J connectivity index is 3.58. The molecule has 0 bridgehead atoms. The second-order valence-electron chi connectivity index (χ2n) is 3.29. The predicted octanol–water partition coefficient (Wildman–Crippen LogP) is -0.467. The molecule has 0 saturated carbocycles. The molecule has 0 heterocycles. The third kappa shape index (κ3) is 6.59. The van der Waals surface area contributed by atoms with Crippen LogP contribution >= 0.6 is 0 Å². The number of carbonyl (C=O) groups excluding carboxylic acids is 1. The number of aliphatic hydroxyl groups excluding tert-OH is 1. The lowest BCUT2D eigenvalue weighted by Crippen LogP contribution is -2.38. The van der Waals surface area contributed by atoms with Gasteiger partial charge in [0.2, 0.25) is 0 Å². The van der Waals surface area contributed by atoms with E-state index >= 15 is 0 Å². The van der Waals surface area contributed by atoms with Gasteiger partial charge in [-0.25, -0.2) is 4.79 Å². The van der Waals surface area contributed by atoms with E-state index in [-0.39, 0.29) is 6.61 Å². The van der Waals surface area contributed by atoms with E-state index in [1.807, 2.05) is 14.1 Å². The molecule has 0 aromatic heterocycles. The van der Waals surface area contributed by atoms with Gasteiger partial charge in [0.05, 0.1) is 0 Å². The second kappa shape index (κ2) is 6.53. The van der Waals surface area contributed by atoms with Gasteiger partial charge in [-0.2, -0.15) is 0 Å². The minimum atomic E-state index is -0.708. The number of hydrazine groups is 1. The zero-order chi connectivity index (χ0) is 11.1. The van der Waals surface area contributed by atoms with Crippen LogP contribution in [0.5, 0.6) is 0 Å². The maximum atomic E-state index is 10.9. The zero-order valence-electron chi connectivity index (χ0n) is 8.91. The molecule has 0 fully saturated rings. The summed E-state index contributed by atoms with van der Waals surface area (Å²) in [4.78, 5) is 10.9. The summed E-state index contributed by atoms with van der Waals surface area (Å²) in [6, 6.07) is 0. The first-order chi connectivity index (χ1) is 6.43. The molecule has 1 unspecified atom stereocenters. The molecule has 1 atom stereocenters. The molecule has 0 aromatic rings. The molecule has 0 rings (SSSR count). The van der Waals surface area contributed by atoms with Crippen LogP contribution < -0.4 is 5.43 Å². The van der Waals surface area contributed by atoms with Crippen LogP contribution in [0.2, 0.25) is 0 Å². The van der Waals surface area contributed by atoms with Crippen LogP contribution in [-0.2, 0) is 9.53 Å². The molecule has 5 heteroatoms. The number of hydrogen-bond donors (Lipinski definition) is 2. The number of aliphatic hydroxyl groups is 1. The Morgan fingerprint density at radius 2 is 2.21 bits per heavy atom. The number of esters is 1. The molecule has 0 aliphatic rings. The molecule has 14 heavy (non-hydrogen) atoms. The molecule has 0 radical (unpaired) electrons. The Bertz CT molecular complexity index is 204. The Labute approximate surface area is 84.3 Å². The van der Waals surface area contributed by atoms with Crippen molar-refractivity contribution in [3.8, 4) is 0 Å². The van der Waals surface area contributed by atoms with Crippen LogP contribution in [0.3, 0.4) is 0 Å². The highest BCUT2D eigenvalue weighted by Gasteiger charge is 2.08. The monoisotopic (exact) mass is 202 g/mol. The van der Waals surface area contributed by atoms with Gasteiger partial charge in [-0.05, 0) is 6.92 Å². The van der Waals surface area contributed by atoms with Crippen LogP contribution in [0.4, 0.5) is 0 Å². The van der Waals surface area contributed by atoms with Gasteiger partial charge in [0.25, 0.3) is 0 Å². The number of carbonyl (C=O) groups is 1. The largest absolute Gasteiger partial charge is 0.460 e. The van der Waals surface area contributed by atoms with E-state index in [2.05, 4.69) is 12.0 Å². The molecule has 2 N–H and O–H groups in total. The van der Waals surface area contributed by atoms with Gasteiger partial charge in [0, 0.05) is 26.2 Å². The van der Waals surface area contributed by atoms with Gasteiger partial charge in [0.15, 0.2) is 0 Å². The first-order valence-electron chi connectivity index (χ1n) is 4.35. The standard InChI is InChI=1S/C9H18N2O3/c1-7(2)9(13)14-6-8(12)5-10-11(3)4/h8,10,12H,1,5-6H2,2-4H3. The Hall–Kier alpha value is -0.910. The number of hydrogen-bond acceptors (Lipinski definition) is 5. The van der Waals surface area contributed by atoms with Crippen molar-refractivity contribution in [2.45, 2.75) is 13.0 Å². The highest BCUT2D eigenvalue weighted by Crippen LogP contribution is 1.93. The van der Waals surface area contributed by atoms with E-state index in [9.17, 15) is 9.90 Å². The lowest BCUT2D eigenvalue weighted by molar-refractivity contribution is -0.141. The maximum absolute atomic E-state index is 10.9. The Kier molecular flexibility index (Phi) is 6.11. The lowest BCUT2D eigenvalue weighted by Gasteiger charge is -2.16. The van der Waals surface area contributed by atoms with Crippen molar-refractivity contribution in [3.05, 3.63) is 12.2 Å². The van der Waals surface area contributed by atoms with Crippen molar-refractivity contribution in [1.82, 2.24) is 10.4 Å². The van der Waals surface area contributed by atoms with E-state index in [0.717, 1.165) is 0 Å². The maximum Gasteiger partial charge on any atom is 0.333 e. The van der Waals surface area contributed by atoms with Crippen LogP contribution in [-0.4, -0.2) is 49.4 Å². The van der Waals surface area contributed by atoms with Gasteiger partial charge in [0.1, 0.15) is 12.7 Å². The van der Waals surface area contributed by atoms with Crippen molar-refractivity contribution >= 4 is 5.97 Å². The lowest BCUT2D eigenvalue weighted by atomic mass is 10.3. The Morgan fingerprint density at radius 1 is 1.64 bits per heavy atom. The summed E-state index contributed by atoms with van der Waals surface area (Å²) in [5, 5.41) is 11.0. The quantitative estimate of drug-likeness (QED) is 0.346. The normalized spacial score (nSPS) is 12.6. The van der Waals surface area contributed by atoms with Crippen molar-refractivity contribution in [3.63, 3.8) is 0 Å². The summed E-state index contributed by atoms with van der Waals surface area (Å²) < 4.78 is 4.75. The highest BCUT2D eigenvalue weighted by molar-refractivity contribution is 5.86. The summed E-state index contributed by atoms with van der Waals surface area (Å²) in [5.41, 5.74) is 3.20. The van der Waals surface area contributed by atoms with E-state index < -0.39 is 12.1 Å². The van der Waals surface area contributed by atoms with Crippen LogP contribution in [0, 0.1) is 0 Å². The fraction of sp³-hybridized carbons (Fsp3) is 0.667. The molecular weight excluding hydrogens is 184 g/mol. The van der Waals surface area contributed by atoms with Crippen molar-refractivity contribution < 1.29 is 14.6 Å². The van der Waals surface area contributed by atoms with E-state index in [0.29, 0.717) is 12.1 Å². The molecule has 0 amide bonds. The van der Waals surface area contributed by atoms with Gasteiger partial charge in [-0.3, -0.25) is 10.4 Å². The number of nitrogens with one attached hydrogen (secondary N) is 1. The van der Waals surface area contributed by atoms with Crippen molar-refractivity contribution in [2.24, 2.45) is 0 Å². The first-order valence-corrected chi connectivity index (χ1v) is 4.35. The van der Waals surface area contributed by atoms with E-state index in [4.69, 9.17) is 4.74 Å². The number of nitrogens with zero attached hydrogens (tertiary/aromatic N) is 1. The minimum Gasteiger partial charge on any atom is -0.460 e. The summed E-state index contributed by atoms with van der Waals surface area (Å²) >= 11 is 0. The summed E-state index contributed by atoms with van der Waals surface area (Å²) in [6.45, 7) is 5.31. The van der Waals surface area contributed by atoms with E-state index in [1.165, 1.54) is 0 Å². The SMILES string of the molecule is C=C(C)C(=O)OCC(O)CNN(C)C. The third-order valence-corrected chi connectivity index (χ3v) is 1.40. The van der Waals surface area contributed by atoms with Crippen molar-refractivity contribution in [1.29, 1.82) is 0 Å². The summed E-state index contributed by atoms with van der Waals surface area (Å²) in [5.74, 6) is -0.478. The van der Waals surface area contributed by atoms with Gasteiger partial charge < -0.3 is 9.84 Å². The Morgan fingerprint density at radius 3 is 2.64 bits per heavy atom. The molecule has 0 spiro atoms. The van der Waals surface area contributed by atoms with Gasteiger partial charge >= 0.3 is 5.97 Å². The first kappa shape index (κ1) is 13.1. The smallest absolute Gasteiger partial charge is 0.333 e. The van der Waals surface area contributed by atoms with Gasteiger partial charge in [-0.1, -0.05) is 6.58 Å². The molecule has 0 aliphatic heterocycles. The minimum absolute atomic E-state index is 0.0213. The number of ether oxygens (including phenoxy) is 1. The highest BCUT2D eigenvalue weighted by atomic mass is 16.5. The average molecular weight is 202 g/mol.